The van der Waals surface area contributed by atoms with E-state index in [0.29, 0.717) is 18.0 Å². The van der Waals surface area contributed by atoms with Crippen molar-refractivity contribution in [1.82, 2.24) is 9.29 Å². The largest absolute Gasteiger partial charge is 0.496 e. The van der Waals surface area contributed by atoms with Gasteiger partial charge in [0.2, 0.25) is 0 Å². The SMILES string of the molecule is CCN([C@H](C)c1cc(B(O)O)c(OC)cn1)S(=O)C(C)(C)C. The summed E-state index contributed by atoms with van der Waals surface area (Å²) in [6.45, 7) is 10.2. The fourth-order valence-electron chi connectivity index (χ4n) is 2.11. The highest BCUT2D eigenvalue weighted by Gasteiger charge is 2.30. The summed E-state index contributed by atoms with van der Waals surface area (Å²) in [5.41, 5.74) is 0.861. The molecule has 1 heterocycles. The molecule has 0 bridgehead atoms. The molecule has 1 aromatic heterocycles. The lowest BCUT2D eigenvalue weighted by molar-refractivity contribution is 0.364. The lowest BCUT2D eigenvalue weighted by Crippen LogP contribution is -2.40. The third kappa shape index (κ3) is 4.28. The summed E-state index contributed by atoms with van der Waals surface area (Å²) in [6.07, 6.45) is 1.45. The summed E-state index contributed by atoms with van der Waals surface area (Å²) < 4.78 is 19.2. The Bertz CT molecular complexity index is 534. The van der Waals surface area contributed by atoms with Gasteiger partial charge < -0.3 is 14.8 Å². The van der Waals surface area contributed by atoms with Gasteiger partial charge in [0, 0.05) is 12.0 Å². The highest BCUT2D eigenvalue weighted by atomic mass is 32.2. The van der Waals surface area contributed by atoms with Crippen molar-refractivity contribution < 1.29 is 19.0 Å². The molecule has 1 unspecified atom stereocenters. The van der Waals surface area contributed by atoms with Crippen molar-refractivity contribution in [3.8, 4) is 5.75 Å². The van der Waals surface area contributed by atoms with Crippen molar-refractivity contribution in [3.63, 3.8) is 0 Å². The molecule has 124 valence electrons. The van der Waals surface area contributed by atoms with E-state index in [4.69, 9.17) is 4.74 Å². The number of nitrogens with zero attached hydrogens (tertiary/aromatic N) is 2. The predicted octanol–water partition coefficient (Wildman–Crippen LogP) is 0.615. The summed E-state index contributed by atoms with van der Waals surface area (Å²) in [4.78, 5) is 4.30. The minimum atomic E-state index is -1.65. The first-order valence-electron chi connectivity index (χ1n) is 7.22. The summed E-state index contributed by atoms with van der Waals surface area (Å²) in [6, 6.07) is 1.35. The summed E-state index contributed by atoms with van der Waals surface area (Å²) in [7, 11) is -1.40. The molecule has 0 fully saturated rings. The minimum absolute atomic E-state index is 0.228. The quantitative estimate of drug-likeness (QED) is 0.748. The van der Waals surface area contributed by atoms with Crippen LogP contribution < -0.4 is 10.2 Å². The first-order chi connectivity index (χ1) is 10.1. The van der Waals surface area contributed by atoms with Gasteiger partial charge in [0.15, 0.2) is 0 Å². The molecule has 0 saturated carbocycles. The lowest BCUT2D eigenvalue weighted by Gasteiger charge is -2.32. The van der Waals surface area contributed by atoms with Crippen molar-refractivity contribution in [1.29, 1.82) is 0 Å². The van der Waals surface area contributed by atoms with Crippen LogP contribution >= 0.6 is 0 Å². The Morgan fingerprint density at radius 3 is 2.45 bits per heavy atom. The van der Waals surface area contributed by atoms with Crippen LogP contribution in [0.25, 0.3) is 0 Å². The van der Waals surface area contributed by atoms with Gasteiger partial charge >= 0.3 is 7.12 Å². The van der Waals surface area contributed by atoms with Gasteiger partial charge in [0.25, 0.3) is 0 Å². The van der Waals surface area contributed by atoms with E-state index < -0.39 is 18.1 Å². The molecule has 0 radical (unpaired) electrons. The Morgan fingerprint density at radius 1 is 1.45 bits per heavy atom. The van der Waals surface area contributed by atoms with Crippen LogP contribution in [0.5, 0.6) is 5.75 Å². The molecule has 0 amide bonds. The third-order valence-electron chi connectivity index (χ3n) is 3.33. The van der Waals surface area contributed by atoms with E-state index in [-0.39, 0.29) is 16.3 Å². The summed E-state index contributed by atoms with van der Waals surface area (Å²) in [5, 5.41) is 18.9. The van der Waals surface area contributed by atoms with E-state index in [0.717, 1.165) is 0 Å². The maximum atomic E-state index is 12.6. The van der Waals surface area contributed by atoms with Crippen LogP contribution in [0.1, 0.15) is 46.4 Å². The highest BCUT2D eigenvalue weighted by molar-refractivity contribution is 7.84. The predicted molar refractivity (Wildman–Crippen MR) is 89.3 cm³/mol. The number of hydrogen-bond donors (Lipinski definition) is 2. The van der Waals surface area contributed by atoms with E-state index in [9.17, 15) is 14.3 Å². The van der Waals surface area contributed by atoms with Crippen LogP contribution in [0.2, 0.25) is 0 Å². The van der Waals surface area contributed by atoms with E-state index in [2.05, 4.69) is 4.98 Å². The topological polar surface area (TPSA) is 82.9 Å². The zero-order chi connectivity index (χ0) is 17.1. The zero-order valence-corrected chi connectivity index (χ0v) is 14.8. The molecule has 2 N–H and O–H groups in total. The Hall–Kier alpha value is -0.955. The zero-order valence-electron chi connectivity index (χ0n) is 14.0. The van der Waals surface area contributed by atoms with Crippen molar-refractivity contribution in [2.75, 3.05) is 13.7 Å². The molecule has 2 atom stereocenters. The fourth-order valence-corrected chi connectivity index (χ4v) is 3.44. The summed E-state index contributed by atoms with van der Waals surface area (Å²) >= 11 is 0. The Labute approximate surface area is 135 Å². The van der Waals surface area contributed by atoms with E-state index in [1.54, 1.807) is 6.07 Å². The highest BCUT2D eigenvalue weighted by Crippen LogP contribution is 2.26. The van der Waals surface area contributed by atoms with Crippen LogP contribution in [-0.4, -0.2) is 49.1 Å². The maximum absolute atomic E-state index is 12.6. The molecule has 0 aliphatic carbocycles. The molecular weight excluding hydrogens is 303 g/mol. The van der Waals surface area contributed by atoms with Crippen molar-refractivity contribution >= 4 is 23.6 Å². The van der Waals surface area contributed by atoms with E-state index in [1.165, 1.54) is 13.3 Å². The number of pyridine rings is 1. The number of methoxy groups -OCH3 is 1. The van der Waals surface area contributed by atoms with Crippen LogP contribution in [0.4, 0.5) is 0 Å². The fraction of sp³-hybridized carbons (Fsp3) is 0.643. The Morgan fingerprint density at radius 2 is 2.05 bits per heavy atom. The van der Waals surface area contributed by atoms with Gasteiger partial charge in [-0.25, -0.2) is 8.51 Å². The van der Waals surface area contributed by atoms with Gasteiger partial charge in [-0.2, -0.15) is 0 Å². The average Bonchev–Trinajstić information content (AvgIpc) is 2.45. The van der Waals surface area contributed by atoms with Crippen LogP contribution in [0, 0.1) is 0 Å². The van der Waals surface area contributed by atoms with Crippen molar-refractivity contribution in [2.45, 2.75) is 45.4 Å². The van der Waals surface area contributed by atoms with Gasteiger partial charge in [0.05, 0.1) is 29.8 Å². The second kappa shape index (κ2) is 7.54. The number of rotatable bonds is 6. The number of aromatic nitrogens is 1. The first-order valence-corrected chi connectivity index (χ1v) is 8.32. The molecule has 22 heavy (non-hydrogen) atoms. The first kappa shape index (κ1) is 19.1. The monoisotopic (exact) mass is 328 g/mol. The van der Waals surface area contributed by atoms with Crippen LogP contribution in [-0.2, 0) is 11.0 Å². The molecular formula is C14H25BN2O4S. The van der Waals surface area contributed by atoms with Gasteiger partial charge in [-0.3, -0.25) is 4.98 Å². The molecule has 0 saturated heterocycles. The molecule has 0 aliphatic heterocycles. The van der Waals surface area contributed by atoms with Gasteiger partial charge in [0.1, 0.15) is 16.7 Å². The minimum Gasteiger partial charge on any atom is -0.496 e. The Kier molecular flexibility index (Phi) is 6.55. The smallest absolute Gasteiger partial charge is 0.492 e. The number of ether oxygens (including phenoxy) is 1. The van der Waals surface area contributed by atoms with Gasteiger partial charge in [-0.1, -0.05) is 6.92 Å². The normalized spacial score (nSPS) is 14.8. The van der Waals surface area contributed by atoms with E-state index in [1.807, 2.05) is 38.9 Å². The second-order valence-corrected chi connectivity index (χ2v) is 8.19. The standard InChI is InChI=1S/C14H25BN2O4S/c1-7-17(22(20)14(3,4)5)10(2)12-8-11(15(18)19)13(21-6)9-16-12/h8-10,18-19H,7H2,1-6H3/t10-,22?/m1/s1. The third-order valence-corrected chi connectivity index (χ3v) is 5.37. The molecule has 6 nitrogen and oxygen atoms in total. The molecule has 0 aromatic carbocycles. The summed E-state index contributed by atoms with van der Waals surface area (Å²) in [5.74, 6) is 0.311. The van der Waals surface area contributed by atoms with Crippen LogP contribution in [0.3, 0.4) is 0 Å². The van der Waals surface area contributed by atoms with E-state index >= 15 is 0 Å². The van der Waals surface area contributed by atoms with Gasteiger partial charge in [-0.15, -0.1) is 0 Å². The molecule has 1 rings (SSSR count). The van der Waals surface area contributed by atoms with Crippen molar-refractivity contribution in [3.05, 3.63) is 18.0 Å². The van der Waals surface area contributed by atoms with Crippen molar-refractivity contribution in [2.24, 2.45) is 0 Å². The molecule has 8 heteroatoms. The number of hydrogen-bond acceptors (Lipinski definition) is 5. The van der Waals surface area contributed by atoms with Crippen LogP contribution in [0.15, 0.2) is 12.3 Å². The Balaban J connectivity index is 3.18. The van der Waals surface area contributed by atoms with Gasteiger partial charge in [-0.05, 0) is 33.8 Å². The lowest BCUT2D eigenvalue weighted by atomic mass is 9.79. The maximum Gasteiger partial charge on any atom is 0.492 e. The molecule has 0 aliphatic rings. The second-order valence-electron chi connectivity index (χ2n) is 6.00. The average molecular weight is 328 g/mol. The molecule has 1 aromatic rings. The molecule has 0 spiro atoms.